The van der Waals surface area contributed by atoms with E-state index >= 15 is 0 Å². The molecule has 17 heavy (non-hydrogen) atoms. The number of nitrogens with one attached hydrogen (secondary N) is 1. The van der Waals surface area contributed by atoms with E-state index in [1.807, 2.05) is 18.4 Å². The van der Waals surface area contributed by atoms with Crippen LogP contribution in [-0.4, -0.2) is 23.0 Å². The van der Waals surface area contributed by atoms with E-state index < -0.39 is 5.97 Å². The van der Waals surface area contributed by atoms with Crippen LogP contribution in [0.15, 0.2) is 11.4 Å². The Morgan fingerprint density at radius 1 is 1.53 bits per heavy atom. The average Bonchev–Trinajstić information content (AvgIpc) is 2.60. The summed E-state index contributed by atoms with van der Waals surface area (Å²) in [6.45, 7) is 3.48. The molecule has 1 heterocycles. The predicted molar refractivity (Wildman–Crippen MR) is 67.2 cm³/mol. The maximum absolute atomic E-state index is 11.1. The summed E-state index contributed by atoms with van der Waals surface area (Å²) in [5.41, 5.74) is 1.20. The molecule has 5 heteroatoms. The normalized spacial score (nSPS) is 12.1. The zero-order valence-corrected chi connectivity index (χ0v) is 10.8. The van der Waals surface area contributed by atoms with Crippen molar-refractivity contribution >= 4 is 23.2 Å². The maximum Gasteiger partial charge on any atom is 0.303 e. The van der Waals surface area contributed by atoms with E-state index in [9.17, 15) is 9.59 Å². The zero-order valence-electron chi connectivity index (χ0n) is 10.0. The second-order valence-corrected chi connectivity index (χ2v) is 5.06. The van der Waals surface area contributed by atoms with Gasteiger partial charge in [-0.15, -0.1) is 11.3 Å². The number of rotatable bonds is 6. The fraction of sp³-hybridized carbons (Fsp3) is 0.500. The first-order chi connectivity index (χ1) is 7.99. The number of hydrogen-bond acceptors (Lipinski definition) is 3. The van der Waals surface area contributed by atoms with Crippen LogP contribution in [0, 0.1) is 6.92 Å². The highest BCUT2D eigenvalue weighted by atomic mass is 32.1. The van der Waals surface area contributed by atoms with Crippen LogP contribution in [0.25, 0.3) is 0 Å². The Morgan fingerprint density at radius 2 is 2.24 bits per heavy atom. The Balaban J connectivity index is 2.59. The van der Waals surface area contributed by atoms with Crippen molar-refractivity contribution in [1.82, 2.24) is 5.32 Å². The Morgan fingerprint density at radius 3 is 2.71 bits per heavy atom. The molecule has 94 valence electrons. The van der Waals surface area contributed by atoms with Crippen LogP contribution in [-0.2, 0) is 16.0 Å². The van der Waals surface area contributed by atoms with Crippen LogP contribution >= 0.6 is 11.3 Å². The summed E-state index contributed by atoms with van der Waals surface area (Å²) in [5.74, 6) is -0.946. The lowest BCUT2D eigenvalue weighted by atomic mass is 10.1. The van der Waals surface area contributed by atoms with Gasteiger partial charge in [-0.25, -0.2) is 0 Å². The number of aryl methyl sites for hydroxylation is 1. The van der Waals surface area contributed by atoms with Crippen molar-refractivity contribution in [1.29, 1.82) is 0 Å². The van der Waals surface area contributed by atoms with Gasteiger partial charge < -0.3 is 10.4 Å². The highest BCUT2D eigenvalue weighted by Crippen LogP contribution is 2.18. The molecule has 1 unspecified atom stereocenters. The molecule has 0 bridgehead atoms. The second-order valence-electron chi connectivity index (χ2n) is 4.06. The van der Waals surface area contributed by atoms with Crippen molar-refractivity contribution in [2.24, 2.45) is 0 Å². The summed E-state index contributed by atoms with van der Waals surface area (Å²) in [6, 6.07) is 1.93. The zero-order chi connectivity index (χ0) is 12.8. The third-order valence-electron chi connectivity index (χ3n) is 2.51. The Hall–Kier alpha value is -1.36. The Kier molecular flexibility index (Phi) is 5.15. The van der Waals surface area contributed by atoms with Crippen LogP contribution in [0.5, 0.6) is 0 Å². The average molecular weight is 255 g/mol. The van der Waals surface area contributed by atoms with Gasteiger partial charge in [-0.3, -0.25) is 9.59 Å². The largest absolute Gasteiger partial charge is 0.481 e. The summed E-state index contributed by atoms with van der Waals surface area (Å²) in [7, 11) is 0. The number of carboxylic acids is 1. The van der Waals surface area contributed by atoms with Gasteiger partial charge >= 0.3 is 5.97 Å². The summed E-state index contributed by atoms with van der Waals surface area (Å²) in [4.78, 5) is 22.8. The Labute approximate surface area is 105 Å². The van der Waals surface area contributed by atoms with Gasteiger partial charge in [0.1, 0.15) is 0 Å². The third-order valence-corrected chi connectivity index (χ3v) is 3.56. The molecule has 1 aromatic rings. The molecule has 0 spiro atoms. The molecule has 0 aliphatic heterocycles. The second kappa shape index (κ2) is 6.39. The molecule has 4 nitrogen and oxygen atoms in total. The predicted octanol–water partition coefficient (Wildman–Crippen LogP) is 1.97. The number of carboxylic acid groups (broad SMARTS) is 1. The van der Waals surface area contributed by atoms with E-state index in [1.54, 1.807) is 11.3 Å². The van der Waals surface area contributed by atoms with Gasteiger partial charge in [0.05, 0.1) is 0 Å². The van der Waals surface area contributed by atoms with Crippen molar-refractivity contribution in [2.75, 3.05) is 0 Å². The van der Waals surface area contributed by atoms with E-state index in [-0.39, 0.29) is 18.4 Å². The SMILES string of the molecule is CC(=O)NC(CCC(=O)O)Cc1sccc1C. The molecule has 1 rings (SSSR count). The number of hydrogen-bond donors (Lipinski definition) is 2. The van der Waals surface area contributed by atoms with Crippen LogP contribution in [0.2, 0.25) is 0 Å². The van der Waals surface area contributed by atoms with E-state index in [2.05, 4.69) is 5.32 Å². The quantitative estimate of drug-likeness (QED) is 0.816. The van der Waals surface area contributed by atoms with Crippen molar-refractivity contribution in [3.05, 3.63) is 21.9 Å². The topological polar surface area (TPSA) is 66.4 Å². The molecule has 2 N–H and O–H groups in total. The van der Waals surface area contributed by atoms with Crippen molar-refractivity contribution in [3.63, 3.8) is 0 Å². The van der Waals surface area contributed by atoms with Crippen LogP contribution in [0.3, 0.4) is 0 Å². The van der Waals surface area contributed by atoms with Gasteiger partial charge in [-0.1, -0.05) is 0 Å². The monoisotopic (exact) mass is 255 g/mol. The fourth-order valence-electron chi connectivity index (χ4n) is 1.65. The minimum absolute atomic E-state index is 0.0787. The molecule has 0 saturated carbocycles. The number of amides is 1. The standard InChI is InChI=1S/C12H17NO3S/c1-8-5-6-17-11(8)7-10(13-9(2)14)3-4-12(15)16/h5-6,10H,3-4,7H2,1-2H3,(H,13,14)(H,15,16). The van der Waals surface area contributed by atoms with E-state index in [0.29, 0.717) is 12.8 Å². The summed E-state index contributed by atoms with van der Waals surface area (Å²) in [5, 5.41) is 13.5. The van der Waals surface area contributed by atoms with Gasteiger partial charge in [-0.2, -0.15) is 0 Å². The van der Waals surface area contributed by atoms with E-state index in [4.69, 9.17) is 5.11 Å². The molecule has 0 saturated heterocycles. The van der Waals surface area contributed by atoms with Gasteiger partial charge in [0, 0.05) is 30.7 Å². The van der Waals surface area contributed by atoms with Gasteiger partial charge in [0.25, 0.3) is 0 Å². The van der Waals surface area contributed by atoms with Crippen molar-refractivity contribution in [2.45, 2.75) is 39.2 Å². The van der Waals surface area contributed by atoms with Gasteiger partial charge in [0.15, 0.2) is 0 Å². The molecule has 0 aliphatic rings. The lowest BCUT2D eigenvalue weighted by Crippen LogP contribution is -2.35. The first-order valence-corrected chi connectivity index (χ1v) is 6.39. The highest BCUT2D eigenvalue weighted by Gasteiger charge is 2.14. The molecular weight excluding hydrogens is 238 g/mol. The molecule has 0 aliphatic carbocycles. The molecule has 0 aromatic carbocycles. The molecule has 1 aromatic heterocycles. The summed E-state index contributed by atoms with van der Waals surface area (Å²) < 4.78 is 0. The lowest BCUT2D eigenvalue weighted by Gasteiger charge is -2.16. The van der Waals surface area contributed by atoms with Crippen LogP contribution in [0.4, 0.5) is 0 Å². The van der Waals surface area contributed by atoms with Crippen molar-refractivity contribution in [3.8, 4) is 0 Å². The molecular formula is C12H17NO3S. The third kappa shape index (κ3) is 4.99. The Bertz CT molecular complexity index is 400. The molecule has 0 fully saturated rings. The van der Waals surface area contributed by atoms with Crippen molar-refractivity contribution < 1.29 is 14.7 Å². The van der Waals surface area contributed by atoms with Gasteiger partial charge in [0.2, 0.25) is 5.91 Å². The smallest absolute Gasteiger partial charge is 0.303 e. The maximum atomic E-state index is 11.1. The first kappa shape index (κ1) is 13.7. The van der Waals surface area contributed by atoms with Crippen LogP contribution in [0.1, 0.15) is 30.2 Å². The molecule has 1 amide bonds. The minimum atomic E-state index is -0.830. The first-order valence-electron chi connectivity index (χ1n) is 5.51. The lowest BCUT2D eigenvalue weighted by molar-refractivity contribution is -0.137. The summed E-state index contributed by atoms with van der Waals surface area (Å²) in [6.07, 6.45) is 1.25. The van der Waals surface area contributed by atoms with E-state index in [0.717, 1.165) is 0 Å². The molecule has 0 radical (unpaired) electrons. The summed E-state index contributed by atoms with van der Waals surface area (Å²) >= 11 is 1.64. The van der Waals surface area contributed by atoms with Gasteiger partial charge in [-0.05, 0) is 30.4 Å². The molecule has 1 atom stereocenters. The highest BCUT2D eigenvalue weighted by molar-refractivity contribution is 7.10. The number of thiophene rings is 1. The minimum Gasteiger partial charge on any atom is -0.481 e. The fourth-order valence-corrected chi connectivity index (χ4v) is 2.64. The van der Waals surface area contributed by atoms with Crippen LogP contribution < -0.4 is 5.32 Å². The van der Waals surface area contributed by atoms with E-state index in [1.165, 1.54) is 17.4 Å². The number of carbonyl (C=O) groups is 2. The number of aliphatic carboxylic acids is 1. The number of carbonyl (C=O) groups excluding carboxylic acids is 1.